The molecule has 0 saturated carbocycles. The topological polar surface area (TPSA) is 35.6 Å². The maximum atomic E-state index is 5.43. The van der Waals surface area contributed by atoms with Gasteiger partial charge in [-0.25, -0.2) is 9.36 Å². The zero-order valence-corrected chi connectivity index (χ0v) is 28.3. The first-order valence-electron chi connectivity index (χ1n) is 16.8. The Labute approximate surface area is 269 Å². The third-order valence-electron chi connectivity index (χ3n) is 10.6. The highest BCUT2D eigenvalue weighted by Gasteiger charge is 2.35. The van der Waals surface area contributed by atoms with Crippen molar-refractivity contribution in [2.45, 2.75) is 85.5 Å². The summed E-state index contributed by atoms with van der Waals surface area (Å²) in [5, 5.41) is 13.3. The quantitative estimate of drug-likeness (QED) is 0.158. The molecule has 0 N–H and O–H groups in total. The standard InChI is InChI=1S/C41H48N4/c1-9-27(3)29(5)31-21-23-37-35(25-31)39(42-44(37)33-17-13-11-14-18-33)41(7,8)40-36-26-32(30(6)28(4)10-2)22-24-38(36)45(43-40)34-19-15-12-16-20-34/h11-30H,9-10H2,1-8H3. The summed E-state index contributed by atoms with van der Waals surface area (Å²) in [4.78, 5) is 0. The van der Waals surface area contributed by atoms with Crippen molar-refractivity contribution < 1.29 is 0 Å². The Bertz CT molecular complexity index is 1770. The van der Waals surface area contributed by atoms with Gasteiger partial charge in [-0.15, -0.1) is 0 Å². The van der Waals surface area contributed by atoms with E-state index in [2.05, 4.69) is 162 Å². The second kappa shape index (κ2) is 12.3. The molecule has 0 aliphatic rings. The summed E-state index contributed by atoms with van der Waals surface area (Å²) in [6, 6.07) is 35.0. The monoisotopic (exact) mass is 596 g/mol. The first-order chi connectivity index (χ1) is 21.6. The molecule has 0 radical (unpaired) electrons. The van der Waals surface area contributed by atoms with Gasteiger partial charge in [-0.1, -0.05) is 103 Å². The summed E-state index contributed by atoms with van der Waals surface area (Å²) >= 11 is 0. The minimum Gasteiger partial charge on any atom is -0.233 e. The third-order valence-corrected chi connectivity index (χ3v) is 10.6. The van der Waals surface area contributed by atoms with Gasteiger partial charge in [0.15, 0.2) is 0 Å². The first-order valence-corrected chi connectivity index (χ1v) is 16.8. The van der Waals surface area contributed by atoms with Gasteiger partial charge < -0.3 is 0 Å². The van der Waals surface area contributed by atoms with E-state index in [9.17, 15) is 0 Å². The molecular formula is C41H48N4. The number of fused-ring (bicyclic) bond motifs is 2. The van der Waals surface area contributed by atoms with Gasteiger partial charge in [0.25, 0.3) is 0 Å². The molecule has 4 aromatic carbocycles. The number of hydrogen-bond donors (Lipinski definition) is 0. The largest absolute Gasteiger partial charge is 0.233 e. The van der Waals surface area contributed by atoms with Crippen LogP contribution in [0.3, 0.4) is 0 Å². The minimum atomic E-state index is -0.479. The smallest absolute Gasteiger partial charge is 0.0824 e. The molecule has 4 heteroatoms. The van der Waals surface area contributed by atoms with Crippen LogP contribution in [0.1, 0.15) is 103 Å². The fourth-order valence-corrected chi connectivity index (χ4v) is 6.77. The van der Waals surface area contributed by atoms with Crippen molar-refractivity contribution in [2.75, 3.05) is 0 Å². The van der Waals surface area contributed by atoms with Crippen molar-refractivity contribution in [2.24, 2.45) is 11.8 Å². The van der Waals surface area contributed by atoms with E-state index in [4.69, 9.17) is 10.2 Å². The van der Waals surface area contributed by atoms with Crippen LogP contribution in [0.5, 0.6) is 0 Å². The average Bonchev–Trinajstić information content (AvgIpc) is 3.67. The molecule has 0 fully saturated rings. The molecule has 0 aliphatic heterocycles. The molecule has 0 bridgehead atoms. The van der Waals surface area contributed by atoms with Crippen LogP contribution in [-0.2, 0) is 5.41 Å². The fourth-order valence-electron chi connectivity index (χ4n) is 6.77. The summed E-state index contributed by atoms with van der Waals surface area (Å²) in [6.07, 6.45) is 2.31. The van der Waals surface area contributed by atoms with E-state index < -0.39 is 5.41 Å². The second-order valence-electron chi connectivity index (χ2n) is 13.7. The van der Waals surface area contributed by atoms with Crippen LogP contribution in [0, 0.1) is 11.8 Å². The molecule has 0 spiro atoms. The number of aromatic nitrogens is 4. The van der Waals surface area contributed by atoms with Gasteiger partial charge >= 0.3 is 0 Å². The van der Waals surface area contributed by atoms with Gasteiger partial charge in [-0.3, -0.25) is 0 Å². The first kappa shape index (κ1) is 30.8. The lowest BCUT2D eigenvalue weighted by atomic mass is 9.80. The molecule has 0 amide bonds. The van der Waals surface area contributed by atoms with E-state index in [0.717, 1.165) is 46.6 Å². The van der Waals surface area contributed by atoms with E-state index >= 15 is 0 Å². The van der Waals surface area contributed by atoms with Crippen LogP contribution in [0.2, 0.25) is 0 Å². The molecule has 4 unspecified atom stereocenters. The molecule has 4 nitrogen and oxygen atoms in total. The van der Waals surface area contributed by atoms with Crippen molar-refractivity contribution in [3.8, 4) is 11.4 Å². The molecule has 6 aromatic rings. The van der Waals surface area contributed by atoms with Gasteiger partial charge in [-0.05, 0) is 97.2 Å². The van der Waals surface area contributed by atoms with Crippen LogP contribution in [-0.4, -0.2) is 19.6 Å². The van der Waals surface area contributed by atoms with E-state index in [-0.39, 0.29) is 0 Å². The average molecular weight is 597 g/mol. The summed E-state index contributed by atoms with van der Waals surface area (Å²) in [6.45, 7) is 18.6. The van der Waals surface area contributed by atoms with Crippen LogP contribution in [0.25, 0.3) is 33.2 Å². The Morgan fingerprint density at radius 3 is 1.29 bits per heavy atom. The Balaban J connectivity index is 1.62. The number of hydrogen-bond acceptors (Lipinski definition) is 2. The molecule has 4 atom stereocenters. The summed E-state index contributed by atoms with van der Waals surface area (Å²) in [5.41, 5.74) is 8.75. The zero-order chi connectivity index (χ0) is 31.9. The van der Waals surface area contributed by atoms with E-state index in [1.807, 2.05) is 0 Å². The lowest BCUT2D eigenvalue weighted by Crippen LogP contribution is -2.22. The Morgan fingerprint density at radius 2 is 0.933 bits per heavy atom. The van der Waals surface area contributed by atoms with Gasteiger partial charge in [0.2, 0.25) is 0 Å². The molecular weight excluding hydrogens is 548 g/mol. The molecule has 0 saturated heterocycles. The molecule has 45 heavy (non-hydrogen) atoms. The highest BCUT2D eigenvalue weighted by Crippen LogP contribution is 2.42. The molecule has 232 valence electrons. The van der Waals surface area contributed by atoms with Gasteiger partial charge in [0, 0.05) is 10.8 Å². The van der Waals surface area contributed by atoms with Gasteiger partial charge in [-0.2, -0.15) is 10.2 Å². The number of para-hydroxylation sites is 2. The van der Waals surface area contributed by atoms with Crippen LogP contribution >= 0.6 is 0 Å². The number of nitrogens with zero attached hydrogens (tertiary/aromatic N) is 4. The predicted molar refractivity (Wildman–Crippen MR) is 190 cm³/mol. The van der Waals surface area contributed by atoms with Crippen molar-refractivity contribution in [3.63, 3.8) is 0 Å². The molecule has 0 aliphatic carbocycles. The number of rotatable bonds is 10. The predicted octanol–water partition coefficient (Wildman–Crippen LogP) is 11.0. The molecule has 6 rings (SSSR count). The maximum absolute atomic E-state index is 5.43. The van der Waals surface area contributed by atoms with Gasteiger partial charge in [0.1, 0.15) is 0 Å². The number of benzene rings is 4. The fraction of sp³-hybridized carbons (Fsp3) is 0.366. The zero-order valence-electron chi connectivity index (χ0n) is 28.3. The van der Waals surface area contributed by atoms with Crippen molar-refractivity contribution in [3.05, 3.63) is 120 Å². The van der Waals surface area contributed by atoms with E-state index in [1.54, 1.807) is 0 Å². The highest BCUT2D eigenvalue weighted by molar-refractivity contribution is 5.89. The van der Waals surface area contributed by atoms with E-state index in [0.29, 0.717) is 23.7 Å². The Kier molecular flexibility index (Phi) is 8.43. The maximum Gasteiger partial charge on any atom is 0.0824 e. The van der Waals surface area contributed by atoms with Crippen LogP contribution in [0.4, 0.5) is 0 Å². The summed E-state index contributed by atoms with van der Waals surface area (Å²) < 4.78 is 4.24. The molecule has 2 aromatic heterocycles. The SMILES string of the molecule is CCC(C)C(C)c1ccc2c(c1)c(C(C)(C)c1nn(-c3ccccc3)c3ccc(C(C)C(C)CC)cc13)nn2-c1ccccc1. The lowest BCUT2D eigenvalue weighted by molar-refractivity contribution is 0.473. The highest BCUT2D eigenvalue weighted by atomic mass is 15.3. The van der Waals surface area contributed by atoms with Crippen LogP contribution < -0.4 is 0 Å². The molecule has 2 heterocycles. The van der Waals surface area contributed by atoms with Crippen LogP contribution in [0.15, 0.2) is 97.1 Å². The summed E-state index contributed by atoms with van der Waals surface area (Å²) in [5.74, 6) is 2.11. The third kappa shape index (κ3) is 5.49. The van der Waals surface area contributed by atoms with E-state index in [1.165, 1.54) is 21.9 Å². The van der Waals surface area contributed by atoms with Gasteiger partial charge in [0.05, 0.1) is 39.2 Å². The Hall–Kier alpha value is -4.18. The summed E-state index contributed by atoms with van der Waals surface area (Å²) in [7, 11) is 0. The van der Waals surface area contributed by atoms with Crippen molar-refractivity contribution in [1.29, 1.82) is 0 Å². The Morgan fingerprint density at radius 1 is 0.556 bits per heavy atom. The lowest BCUT2D eigenvalue weighted by Gasteiger charge is -2.23. The van der Waals surface area contributed by atoms with Crippen molar-refractivity contribution in [1.82, 2.24) is 19.6 Å². The second-order valence-corrected chi connectivity index (χ2v) is 13.7. The minimum absolute atomic E-state index is 0.457. The van der Waals surface area contributed by atoms with Crippen molar-refractivity contribution >= 4 is 21.8 Å². The normalized spacial score (nSPS) is 14.9.